The van der Waals surface area contributed by atoms with Gasteiger partial charge in [0.1, 0.15) is 0 Å². The number of hydroxylamine groups is 1. The molecule has 1 aromatic rings. The van der Waals surface area contributed by atoms with Gasteiger partial charge in [0.2, 0.25) is 0 Å². The first-order valence-corrected chi connectivity index (χ1v) is 9.77. The highest BCUT2D eigenvalue weighted by molar-refractivity contribution is 7.89. The smallest absolute Gasteiger partial charge is 0.338 e. The van der Waals surface area contributed by atoms with E-state index in [1.54, 1.807) is 4.90 Å². The number of sulfonamides is 1. The second kappa shape index (κ2) is 8.61. The molecule has 0 spiro atoms. The molecule has 0 unspecified atom stereocenters. The summed E-state index contributed by atoms with van der Waals surface area (Å²) in [5.74, 6) is -0.398. The first-order valence-electron chi connectivity index (χ1n) is 8.33. The van der Waals surface area contributed by atoms with E-state index < -0.39 is 16.0 Å². The third kappa shape index (κ3) is 4.80. The fraction of sp³-hybridized carbons (Fsp3) is 0.529. The summed E-state index contributed by atoms with van der Waals surface area (Å²) in [5.41, 5.74) is 0.0515. The SMILES string of the molecule is CON(C)S(=O)(=O)c1cccc(C(=O)OCC(=O)N2CCC(C)CC2)c1. The van der Waals surface area contributed by atoms with Gasteiger partial charge in [0.05, 0.1) is 17.6 Å². The lowest BCUT2D eigenvalue weighted by molar-refractivity contribution is -0.135. The monoisotopic (exact) mass is 384 g/mol. The summed E-state index contributed by atoms with van der Waals surface area (Å²) in [7, 11) is -1.40. The number of ether oxygens (including phenoxy) is 1. The van der Waals surface area contributed by atoms with Gasteiger partial charge >= 0.3 is 5.97 Å². The molecule has 0 bridgehead atoms. The molecule has 0 saturated carbocycles. The Hall–Kier alpha value is -1.97. The van der Waals surface area contributed by atoms with Crippen LogP contribution in [0, 0.1) is 5.92 Å². The number of nitrogens with zero attached hydrogens (tertiary/aromatic N) is 2. The maximum absolute atomic E-state index is 12.2. The molecule has 1 saturated heterocycles. The highest BCUT2D eigenvalue weighted by Crippen LogP contribution is 2.18. The Kier molecular flexibility index (Phi) is 6.74. The zero-order valence-electron chi connectivity index (χ0n) is 15.2. The van der Waals surface area contributed by atoms with Crippen molar-refractivity contribution in [3.05, 3.63) is 29.8 Å². The molecule has 1 amide bonds. The van der Waals surface area contributed by atoms with Crippen LogP contribution < -0.4 is 0 Å². The van der Waals surface area contributed by atoms with Gasteiger partial charge in [-0.3, -0.25) is 9.63 Å². The first-order chi connectivity index (χ1) is 12.3. The molecule has 0 N–H and O–H groups in total. The van der Waals surface area contributed by atoms with Crippen molar-refractivity contribution in [3.8, 4) is 0 Å². The standard InChI is InChI=1S/C17H24N2O6S/c1-13-7-9-19(10-8-13)16(20)12-25-17(21)14-5-4-6-15(11-14)26(22,23)18(2)24-3/h4-6,11,13H,7-10,12H2,1-3H3. The molecular formula is C17H24N2O6S. The molecule has 2 rings (SSSR count). The van der Waals surface area contributed by atoms with Gasteiger partial charge in [-0.15, -0.1) is 0 Å². The predicted molar refractivity (Wildman–Crippen MR) is 93.7 cm³/mol. The molecule has 1 aliphatic heterocycles. The van der Waals surface area contributed by atoms with E-state index in [2.05, 4.69) is 6.92 Å². The van der Waals surface area contributed by atoms with Crippen LogP contribution in [0.25, 0.3) is 0 Å². The van der Waals surface area contributed by atoms with E-state index in [9.17, 15) is 18.0 Å². The van der Waals surface area contributed by atoms with Crippen LogP contribution in [0.4, 0.5) is 0 Å². The number of piperidine rings is 1. The first kappa shape index (κ1) is 20.3. The summed E-state index contributed by atoms with van der Waals surface area (Å²) < 4.78 is 30.2. The molecule has 1 heterocycles. The topological polar surface area (TPSA) is 93.2 Å². The van der Waals surface area contributed by atoms with Gasteiger partial charge in [-0.1, -0.05) is 17.5 Å². The van der Waals surface area contributed by atoms with Gasteiger partial charge in [0.25, 0.3) is 15.9 Å². The molecule has 9 heteroatoms. The quantitative estimate of drug-likeness (QED) is 0.542. The van der Waals surface area contributed by atoms with Gasteiger partial charge in [0, 0.05) is 20.1 Å². The van der Waals surface area contributed by atoms with Crippen LogP contribution >= 0.6 is 0 Å². The van der Waals surface area contributed by atoms with Gasteiger partial charge in [-0.2, -0.15) is 0 Å². The Morgan fingerprint density at radius 2 is 1.92 bits per heavy atom. The van der Waals surface area contributed by atoms with Crippen LogP contribution in [-0.2, 0) is 24.4 Å². The molecule has 1 fully saturated rings. The minimum Gasteiger partial charge on any atom is -0.452 e. The van der Waals surface area contributed by atoms with E-state index in [1.165, 1.54) is 38.4 Å². The van der Waals surface area contributed by atoms with E-state index in [-0.39, 0.29) is 23.0 Å². The van der Waals surface area contributed by atoms with Gasteiger partial charge in [-0.05, 0) is 37.0 Å². The third-order valence-electron chi connectivity index (χ3n) is 4.43. The van der Waals surface area contributed by atoms with Crippen LogP contribution in [0.2, 0.25) is 0 Å². The number of carbonyl (C=O) groups excluding carboxylic acids is 2. The number of benzene rings is 1. The Labute approximate surface area is 153 Å². The fourth-order valence-electron chi connectivity index (χ4n) is 2.59. The van der Waals surface area contributed by atoms with Crippen LogP contribution in [0.5, 0.6) is 0 Å². The van der Waals surface area contributed by atoms with Gasteiger partial charge in [0.15, 0.2) is 6.61 Å². The highest BCUT2D eigenvalue weighted by atomic mass is 32.2. The Bertz CT molecular complexity index is 756. The Balaban J connectivity index is 2.00. The largest absolute Gasteiger partial charge is 0.452 e. The summed E-state index contributed by atoms with van der Waals surface area (Å²) in [6.07, 6.45) is 1.87. The van der Waals surface area contributed by atoms with Gasteiger partial charge < -0.3 is 9.64 Å². The molecule has 144 valence electrons. The zero-order chi connectivity index (χ0) is 19.3. The van der Waals surface area contributed by atoms with Crippen molar-refractivity contribution in [3.63, 3.8) is 0 Å². The minimum atomic E-state index is -3.87. The zero-order valence-corrected chi connectivity index (χ0v) is 16.0. The van der Waals surface area contributed by atoms with Crippen molar-refractivity contribution in [1.29, 1.82) is 0 Å². The number of hydrogen-bond donors (Lipinski definition) is 0. The van der Waals surface area contributed by atoms with Crippen molar-refractivity contribution in [2.75, 3.05) is 33.9 Å². The van der Waals surface area contributed by atoms with Crippen molar-refractivity contribution in [2.45, 2.75) is 24.7 Å². The summed E-state index contributed by atoms with van der Waals surface area (Å²) in [4.78, 5) is 30.6. The normalized spacial score (nSPS) is 15.9. The average molecular weight is 384 g/mol. The van der Waals surface area contributed by atoms with E-state index in [1.807, 2.05) is 0 Å². The molecule has 0 radical (unpaired) electrons. The molecule has 26 heavy (non-hydrogen) atoms. The second-order valence-corrected chi connectivity index (χ2v) is 8.20. The van der Waals surface area contributed by atoms with Crippen LogP contribution in [-0.4, -0.2) is 63.5 Å². The number of esters is 1. The molecule has 0 aromatic heterocycles. The average Bonchev–Trinajstić information content (AvgIpc) is 2.65. The Morgan fingerprint density at radius 1 is 1.27 bits per heavy atom. The molecule has 1 aromatic carbocycles. The fourth-order valence-corrected chi connectivity index (χ4v) is 3.61. The van der Waals surface area contributed by atoms with Crippen LogP contribution in [0.1, 0.15) is 30.1 Å². The number of carbonyl (C=O) groups is 2. The predicted octanol–water partition coefficient (Wildman–Crippen LogP) is 1.28. The molecular weight excluding hydrogens is 360 g/mol. The van der Waals surface area contributed by atoms with E-state index >= 15 is 0 Å². The Morgan fingerprint density at radius 3 is 2.54 bits per heavy atom. The lowest BCUT2D eigenvalue weighted by Gasteiger charge is -2.30. The molecule has 1 aliphatic rings. The van der Waals surface area contributed by atoms with Crippen molar-refractivity contribution in [2.24, 2.45) is 5.92 Å². The number of likely N-dealkylation sites (tertiary alicyclic amines) is 1. The minimum absolute atomic E-state index is 0.0515. The molecule has 0 atom stereocenters. The van der Waals surface area contributed by atoms with Crippen LogP contribution in [0.3, 0.4) is 0 Å². The number of rotatable bonds is 6. The van der Waals surface area contributed by atoms with E-state index in [4.69, 9.17) is 9.57 Å². The van der Waals surface area contributed by atoms with Crippen molar-refractivity contribution >= 4 is 21.9 Å². The van der Waals surface area contributed by atoms with Crippen LogP contribution in [0.15, 0.2) is 29.2 Å². The van der Waals surface area contributed by atoms with E-state index in [0.29, 0.717) is 23.5 Å². The number of amides is 1. The second-order valence-electron chi connectivity index (χ2n) is 6.26. The maximum atomic E-state index is 12.2. The maximum Gasteiger partial charge on any atom is 0.338 e. The summed E-state index contributed by atoms with van der Waals surface area (Å²) in [6, 6.07) is 5.41. The van der Waals surface area contributed by atoms with E-state index in [0.717, 1.165) is 12.8 Å². The summed E-state index contributed by atoms with van der Waals surface area (Å²) in [5, 5.41) is 0. The molecule has 8 nitrogen and oxygen atoms in total. The van der Waals surface area contributed by atoms with Crippen molar-refractivity contribution < 1.29 is 27.6 Å². The summed E-state index contributed by atoms with van der Waals surface area (Å²) >= 11 is 0. The highest BCUT2D eigenvalue weighted by Gasteiger charge is 2.24. The van der Waals surface area contributed by atoms with Gasteiger partial charge in [-0.25, -0.2) is 13.2 Å². The lowest BCUT2D eigenvalue weighted by Crippen LogP contribution is -2.40. The summed E-state index contributed by atoms with van der Waals surface area (Å²) in [6.45, 7) is 3.11. The molecule has 0 aliphatic carbocycles. The lowest BCUT2D eigenvalue weighted by atomic mass is 9.99. The third-order valence-corrected chi connectivity index (χ3v) is 6.10. The van der Waals surface area contributed by atoms with Crippen molar-refractivity contribution in [1.82, 2.24) is 9.37 Å². The number of hydrogen-bond acceptors (Lipinski definition) is 6.